The second-order valence-corrected chi connectivity index (χ2v) is 3.57. The van der Waals surface area contributed by atoms with Crippen molar-refractivity contribution in [3.05, 3.63) is 24.3 Å². The Bertz CT molecular complexity index is 463. The number of carbonyl (C=O) groups is 2. The number of hydrogen-bond acceptors (Lipinski definition) is 5. The predicted octanol–water partition coefficient (Wildman–Crippen LogP) is -0.115. The van der Waals surface area contributed by atoms with E-state index < -0.39 is 18.0 Å². The van der Waals surface area contributed by atoms with Crippen LogP contribution in [-0.4, -0.2) is 23.1 Å². The number of hydrogen-bond donors (Lipinski definition) is 4. The number of nitrogens with zero attached hydrogens (tertiary/aromatic N) is 1. The Kier molecular flexibility index (Phi) is 2.84. The van der Waals surface area contributed by atoms with Gasteiger partial charge in [-0.1, -0.05) is 12.1 Å². The van der Waals surface area contributed by atoms with Crippen LogP contribution < -0.4 is 21.3 Å². The molecule has 17 heavy (non-hydrogen) atoms. The van der Waals surface area contributed by atoms with Gasteiger partial charge in [0.15, 0.2) is 0 Å². The standard InChI is InChI=1S/C10H12N4O3/c1-6(15)11-9(10(16)17)14-8-5-3-2-4-7(8)12-13-14/h2-5,9,12-13H,1H3,(H,11,15)(H,16,17). The fourth-order valence-electron chi connectivity index (χ4n) is 1.60. The molecule has 0 aromatic heterocycles. The van der Waals surface area contributed by atoms with E-state index in [1.54, 1.807) is 18.2 Å². The number of fused-ring (bicyclic) bond motifs is 1. The molecule has 1 aliphatic rings. The van der Waals surface area contributed by atoms with Crippen LogP contribution in [0.25, 0.3) is 0 Å². The Morgan fingerprint density at radius 1 is 1.41 bits per heavy atom. The largest absolute Gasteiger partial charge is 0.478 e. The van der Waals surface area contributed by atoms with E-state index in [9.17, 15) is 9.59 Å². The Morgan fingerprint density at radius 2 is 2.12 bits per heavy atom. The average Bonchev–Trinajstić information content (AvgIpc) is 2.69. The average molecular weight is 236 g/mol. The Hall–Kier alpha value is -2.28. The first kappa shape index (κ1) is 11.2. The highest BCUT2D eigenvalue weighted by molar-refractivity contribution is 5.87. The summed E-state index contributed by atoms with van der Waals surface area (Å²) in [6.07, 6.45) is -1.16. The molecule has 0 saturated carbocycles. The first-order valence-electron chi connectivity index (χ1n) is 4.99. The van der Waals surface area contributed by atoms with Crippen LogP contribution in [0.5, 0.6) is 0 Å². The topological polar surface area (TPSA) is 93.7 Å². The predicted molar refractivity (Wildman–Crippen MR) is 60.9 cm³/mol. The fourth-order valence-corrected chi connectivity index (χ4v) is 1.60. The zero-order valence-electron chi connectivity index (χ0n) is 9.10. The van der Waals surface area contributed by atoms with Gasteiger partial charge >= 0.3 is 5.97 Å². The molecular formula is C10H12N4O3. The second-order valence-electron chi connectivity index (χ2n) is 3.57. The monoisotopic (exact) mass is 236 g/mol. The van der Waals surface area contributed by atoms with Crippen LogP contribution in [0.4, 0.5) is 11.4 Å². The second kappa shape index (κ2) is 4.30. The fraction of sp³-hybridized carbons (Fsp3) is 0.200. The van der Waals surface area contributed by atoms with Crippen molar-refractivity contribution in [1.29, 1.82) is 0 Å². The van der Waals surface area contributed by atoms with Gasteiger partial charge < -0.3 is 15.8 Å². The van der Waals surface area contributed by atoms with Crippen molar-refractivity contribution in [3.8, 4) is 0 Å². The van der Waals surface area contributed by atoms with E-state index in [1.807, 2.05) is 6.07 Å². The van der Waals surface area contributed by atoms with Gasteiger partial charge in [0.05, 0.1) is 11.4 Å². The summed E-state index contributed by atoms with van der Waals surface area (Å²) in [6, 6.07) is 7.16. The van der Waals surface area contributed by atoms with Crippen LogP contribution in [-0.2, 0) is 9.59 Å². The van der Waals surface area contributed by atoms with Gasteiger partial charge in [-0.15, -0.1) is 5.53 Å². The number of nitrogens with one attached hydrogen (secondary N) is 3. The minimum atomic E-state index is -1.16. The van der Waals surface area contributed by atoms with E-state index in [4.69, 9.17) is 5.11 Å². The molecule has 90 valence electrons. The van der Waals surface area contributed by atoms with E-state index in [0.717, 1.165) is 5.69 Å². The maximum atomic E-state index is 11.1. The molecule has 1 amide bonds. The van der Waals surface area contributed by atoms with Gasteiger partial charge in [0.25, 0.3) is 0 Å². The number of benzene rings is 1. The number of carboxylic acids is 1. The van der Waals surface area contributed by atoms with Crippen LogP contribution in [0.2, 0.25) is 0 Å². The van der Waals surface area contributed by atoms with E-state index in [1.165, 1.54) is 11.9 Å². The van der Waals surface area contributed by atoms with Crippen molar-refractivity contribution in [2.24, 2.45) is 0 Å². The number of aliphatic carboxylic acids is 1. The maximum absolute atomic E-state index is 11.1. The van der Waals surface area contributed by atoms with E-state index in [-0.39, 0.29) is 0 Å². The highest BCUT2D eigenvalue weighted by Gasteiger charge is 2.31. The van der Waals surface area contributed by atoms with Gasteiger partial charge in [-0.3, -0.25) is 9.80 Å². The zero-order chi connectivity index (χ0) is 12.4. The van der Waals surface area contributed by atoms with E-state index in [2.05, 4.69) is 16.3 Å². The number of para-hydroxylation sites is 2. The molecule has 7 heteroatoms. The lowest BCUT2D eigenvalue weighted by Gasteiger charge is -2.25. The number of hydrazine groups is 2. The maximum Gasteiger partial charge on any atom is 0.348 e. The third-order valence-corrected chi connectivity index (χ3v) is 2.31. The third kappa shape index (κ3) is 2.13. The minimum Gasteiger partial charge on any atom is -0.478 e. The zero-order valence-corrected chi connectivity index (χ0v) is 9.10. The molecule has 0 fully saturated rings. The van der Waals surface area contributed by atoms with Crippen LogP contribution in [0.1, 0.15) is 6.92 Å². The van der Waals surface area contributed by atoms with Crippen LogP contribution >= 0.6 is 0 Å². The molecule has 1 atom stereocenters. The molecule has 2 rings (SSSR count). The molecule has 1 aromatic rings. The summed E-state index contributed by atoms with van der Waals surface area (Å²) in [4.78, 5) is 22.1. The van der Waals surface area contributed by atoms with Gasteiger partial charge in [-0.25, -0.2) is 4.79 Å². The summed E-state index contributed by atoms with van der Waals surface area (Å²) in [5.41, 5.74) is 6.93. The SMILES string of the molecule is CC(=O)NC(C(=O)O)N1NNc2ccccc21. The summed E-state index contributed by atoms with van der Waals surface area (Å²) in [7, 11) is 0. The molecule has 1 heterocycles. The number of carboxylic acid groups (broad SMARTS) is 1. The minimum absolute atomic E-state index is 0.413. The number of rotatable bonds is 3. The molecule has 1 aliphatic heterocycles. The lowest BCUT2D eigenvalue weighted by atomic mass is 10.2. The molecular weight excluding hydrogens is 224 g/mol. The van der Waals surface area contributed by atoms with Crippen LogP contribution in [0, 0.1) is 0 Å². The molecule has 1 aromatic carbocycles. The third-order valence-electron chi connectivity index (χ3n) is 2.31. The molecule has 0 radical (unpaired) electrons. The lowest BCUT2D eigenvalue weighted by molar-refractivity contribution is -0.141. The molecule has 0 saturated heterocycles. The van der Waals surface area contributed by atoms with Gasteiger partial charge in [-0.05, 0) is 12.1 Å². The lowest BCUT2D eigenvalue weighted by Crippen LogP contribution is -2.57. The number of carbonyl (C=O) groups excluding carboxylic acids is 1. The van der Waals surface area contributed by atoms with Crippen molar-refractivity contribution in [2.45, 2.75) is 13.1 Å². The van der Waals surface area contributed by atoms with E-state index in [0.29, 0.717) is 5.69 Å². The van der Waals surface area contributed by atoms with Crippen molar-refractivity contribution >= 4 is 23.3 Å². The summed E-state index contributed by atoms with van der Waals surface area (Å²) >= 11 is 0. The number of anilines is 2. The first-order valence-corrected chi connectivity index (χ1v) is 4.99. The quantitative estimate of drug-likeness (QED) is 0.585. The van der Waals surface area contributed by atoms with Gasteiger partial charge in [-0.2, -0.15) is 0 Å². The van der Waals surface area contributed by atoms with Crippen LogP contribution in [0.15, 0.2) is 24.3 Å². The molecule has 4 N–H and O–H groups in total. The summed E-state index contributed by atoms with van der Waals surface area (Å²) in [5, 5.41) is 12.8. The normalized spacial score (nSPS) is 14.8. The first-order chi connectivity index (χ1) is 8.09. The molecule has 0 bridgehead atoms. The van der Waals surface area contributed by atoms with E-state index >= 15 is 0 Å². The molecule has 0 spiro atoms. The van der Waals surface area contributed by atoms with Crippen molar-refractivity contribution in [2.75, 3.05) is 10.4 Å². The highest BCUT2D eigenvalue weighted by atomic mass is 16.4. The summed E-state index contributed by atoms with van der Waals surface area (Å²) in [5.74, 6) is -1.56. The van der Waals surface area contributed by atoms with Gasteiger partial charge in [0, 0.05) is 6.92 Å². The smallest absolute Gasteiger partial charge is 0.348 e. The summed E-state index contributed by atoms with van der Waals surface area (Å²) < 4.78 is 0. The Labute approximate surface area is 97.4 Å². The molecule has 0 aliphatic carbocycles. The molecule has 1 unspecified atom stereocenters. The summed E-state index contributed by atoms with van der Waals surface area (Å²) in [6.45, 7) is 1.27. The Morgan fingerprint density at radius 3 is 2.76 bits per heavy atom. The van der Waals surface area contributed by atoms with Gasteiger partial charge in [0.2, 0.25) is 12.1 Å². The highest BCUT2D eigenvalue weighted by Crippen LogP contribution is 2.29. The molecule has 7 nitrogen and oxygen atoms in total. The Balaban J connectivity index is 2.27. The van der Waals surface area contributed by atoms with Crippen molar-refractivity contribution < 1.29 is 14.7 Å². The van der Waals surface area contributed by atoms with Gasteiger partial charge in [0.1, 0.15) is 0 Å². The van der Waals surface area contributed by atoms with Crippen molar-refractivity contribution in [3.63, 3.8) is 0 Å². The number of amides is 1. The van der Waals surface area contributed by atoms with Crippen LogP contribution in [0.3, 0.4) is 0 Å². The van der Waals surface area contributed by atoms with Crippen molar-refractivity contribution in [1.82, 2.24) is 10.9 Å².